The summed E-state index contributed by atoms with van der Waals surface area (Å²) in [5, 5.41) is 0. The summed E-state index contributed by atoms with van der Waals surface area (Å²) in [5.74, 6) is -0.0183. The van der Waals surface area contributed by atoms with E-state index in [1.165, 1.54) is 3.57 Å². The Morgan fingerprint density at radius 1 is 0.864 bits per heavy atom. The van der Waals surface area contributed by atoms with Gasteiger partial charge in [-0.25, -0.2) is 0 Å². The Labute approximate surface area is 145 Å². The monoisotopic (exact) mass is 403 g/mol. The lowest BCUT2D eigenvalue weighted by atomic mass is 10.1. The molecule has 0 heterocycles. The fourth-order valence-electron chi connectivity index (χ4n) is 1.87. The molecule has 0 saturated carbocycles. The second-order valence-corrected chi connectivity index (χ2v) is 6.35. The van der Waals surface area contributed by atoms with E-state index in [-0.39, 0.29) is 5.78 Å². The van der Waals surface area contributed by atoms with E-state index in [2.05, 4.69) is 22.6 Å². The summed E-state index contributed by atoms with van der Waals surface area (Å²) in [6.07, 6.45) is 6.85. The van der Waals surface area contributed by atoms with Crippen LogP contribution in [0.25, 0.3) is 12.2 Å². The summed E-state index contributed by atoms with van der Waals surface area (Å²) >= 11 is 2.26. The Balaban J connectivity index is 1.97. The number of carbonyl (C=O) groups is 1. The molecule has 0 fully saturated rings. The van der Waals surface area contributed by atoms with E-state index in [4.69, 9.17) is 0 Å². The Morgan fingerprint density at radius 2 is 1.32 bits per heavy atom. The predicted molar refractivity (Wildman–Crippen MR) is 103 cm³/mol. The number of rotatable bonds is 5. The predicted octanol–water partition coefficient (Wildman–Crippen LogP) is 4.65. The molecule has 0 atom stereocenters. The van der Waals surface area contributed by atoms with Crippen molar-refractivity contribution < 1.29 is 4.79 Å². The van der Waals surface area contributed by atoms with Gasteiger partial charge in [0, 0.05) is 23.4 Å². The van der Waals surface area contributed by atoms with Crippen LogP contribution in [-0.4, -0.2) is 19.9 Å². The standard InChI is InChI=1S/C19H18INO/c1-21(2)18-11-5-16(6-12-18)8-14-19(22)13-7-15-3-9-17(20)10-4-15/h3-14H,1-2H3/b13-7+,14-8+. The summed E-state index contributed by atoms with van der Waals surface area (Å²) in [7, 11) is 4.01. The second-order valence-electron chi connectivity index (χ2n) is 5.11. The number of halogens is 1. The third kappa shape index (κ3) is 5.15. The molecule has 0 unspecified atom stereocenters. The summed E-state index contributed by atoms with van der Waals surface area (Å²) in [4.78, 5) is 13.9. The van der Waals surface area contributed by atoms with Gasteiger partial charge in [-0.05, 0) is 70.1 Å². The van der Waals surface area contributed by atoms with Gasteiger partial charge in [0.25, 0.3) is 0 Å². The van der Waals surface area contributed by atoms with Gasteiger partial charge in [0.2, 0.25) is 0 Å². The molecular formula is C19H18INO. The maximum Gasteiger partial charge on any atom is 0.178 e. The zero-order valence-corrected chi connectivity index (χ0v) is 14.8. The lowest BCUT2D eigenvalue weighted by molar-refractivity contribution is -0.110. The van der Waals surface area contributed by atoms with E-state index < -0.39 is 0 Å². The van der Waals surface area contributed by atoms with Gasteiger partial charge < -0.3 is 4.90 Å². The van der Waals surface area contributed by atoms with Crippen LogP contribution in [-0.2, 0) is 4.79 Å². The van der Waals surface area contributed by atoms with Gasteiger partial charge in [-0.2, -0.15) is 0 Å². The van der Waals surface area contributed by atoms with Crippen LogP contribution in [0.2, 0.25) is 0 Å². The van der Waals surface area contributed by atoms with Crippen LogP contribution in [0.5, 0.6) is 0 Å². The molecule has 0 N–H and O–H groups in total. The minimum atomic E-state index is -0.0183. The van der Waals surface area contributed by atoms with E-state index in [9.17, 15) is 4.79 Å². The van der Waals surface area contributed by atoms with Crippen molar-refractivity contribution in [3.8, 4) is 0 Å². The van der Waals surface area contributed by atoms with E-state index in [1.807, 2.05) is 79.7 Å². The molecule has 2 aromatic carbocycles. The number of hydrogen-bond donors (Lipinski definition) is 0. The number of hydrogen-bond acceptors (Lipinski definition) is 2. The Hall–Kier alpha value is -1.88. The van der Waals surface area contributed by atoms with E-state index in [0.717, 1.165) is 16.8 Å². The number of nitrogens with zero attached hydrogens (tertiary/aromatic N) is 1. The summed E-state index contributed by atoms with van der Waals surface area (Å²) in [5.41, 5.74) is 3.18. The first-order valence-corrected chi connectivity index (χ1v) is 8.05. The molecule has 0 amide bonds. The topological polar surface area (TPSA) is 20.3 Å². The van der Waals surface area contributed by atoms with Gasteiger partial charge in [0.1, 0.15) is 0 Å². The van der Waals surface area contributed by atoms with Gasteiger partial charge in [0.15, 0.2) is 5.78 Å². The van der Waals surface area contributed by atoms with Gasteiger partial charge in [0.05, 0.1) is 0 Å². The third-order valence-corrected chi connectivity index (χ3v) is 3.88. The zero-order valence-electron chi connectivity index (χ0n) is 12.7. The van der Waals surface area contributed by atoms with Crippen LogP contribution in [0.4, 0.5) is 5.69 Å². The van der Waals surface area contributed by atoms with E-state index in [0.29, 0.717) is 0 Å². The maximum atomic E-state index is 11.8. The van der Waals surface area contributed by atoms with E-state index in [1.54, 1.807) is 12.2 Å². The minimum Gasteiger partial charge on any atom is -0.378 e. The van der Waals surface area contributed by atoms with Crippen molar-refractivity contribution in [2.75, 3.05) is 19.0 Å². The maximum absolute atomic E-state index is 11.8. The first-order chi connectivity index (χ1) is 10.5. The van der Waals surface area contributed by atoms with Crippen molar-refractivity contribution in [2.45, 2.75) is 0 Å². The highest BCUT2D eigenvalue weighted by Crippen LogP contribution is 2.13. The molecule has 0 aliphatic rings. The average molecular weight is 403 g/mol. The Kier molecular flexibility index (Phi) is 5.95. The second kappa shape index (κ2) is 7.94. The van der Waals surface area contributed by atoms with Gasteiger partial charge in [-0.3, -0.25) is 4.79 Å². The van der Waals surface area contributed by atoms with Crippen molar-refractivity contribution in [2.24, 2.45) is 0 Å². The number of allylic oxidation sites excluding steroid dienone is 2. The van der Waals surface area contributed by atoms with Crippen molar-refractivity contribution in [3.05, 3.63) is 75.4 Å². The number of benzene rings is 2. The molecule has 2 aromatic rings. The lowest BCUT2D eigenvalue weighted by Gasteiger charge is -2.11. The van der Waals surface area contributed by atoms with Crippen LogP contribution in [0.15, 0.2) is 60.7 Å². The van der Waals surface area contributed by atoms with Crippen LogP contribution < -0.4 is 4.90 Å². The fraction of sp³-hybridized carbons (Fsp3) is 0.105. The highest BCUT2D eigenvalue weighted by molar-refractivity contribution is 14.1. The molecule has 2 nitrogen and oxygen atoms in total. The quantitative estimate of drug-likeness (QED) is 0.535. The fourth-order valence-corrected chi connectivity index (χ4v) is 2.23. The highest BCUT2D eigenvalue weighted by atomic mass is 127. The zero-order chi connectivity index (χ0) is 15.9. The van der Waals surface area contributed by atoms with Crippen LogP contribution in [0, 0.1) is 3.57 Å². The molecule has 0 aliphatic carbocycles. The van der Waals surface area contributed by atoms with Crippen LogP contribution in [0.1, 0.15) is 11.1 Å². The van der Waals surface area contributed by atoms with Crippen molar-refractivity contribution in [1.29, 1.82) is 0 Å². The van der Waals surface area contributed by atoms with Crippen molar-refractivity contribution in [1.82, 2.24) is 0 Å². The molecular weight excluding hydrogens is 385 g/mol. The minimum absolute atomic E-state index is 0.0183. The average Bonchev–Trinajstić information content (AvgIpc) is 2.52. The normalized spacial score (nSPS) is 11.2. The molecule has 22 heavy (non-hydrogen) atoms. The molecule has 0 saturated heterocycles. The smallest absolute Gasteiger partial charge is 0.178 e. The summed E-state index contributed by atoms with van der Waals surface area (Å²) in [6.45, 7) is 0. The van der Waals surface area contributed by atoms with Crippen molar-refractivity contribution >= 4 is 46.2 Å². The number of anilines is 1. The number of carbonyl (C=O) groups excluding carboxylic acids is 1. The van der Waals surface area contributed by atoms with Crippen LogP contribution >= 0.6 is 22.6 Å². The molecule has 0 bridgehead atoms. The van der Waals surface area contributed by atoms with Crippen LogP contribution in [0.3, 0.4) is 0 Å². The molecule has 112 valence electrons. The SMILES string of the molecule is CN(C)c1ccc(/C=C/C(=O)/C=C/c2ccc(I)cc2)cc1. The van der Waals surface area contributed by atoms with Gasteiger partial charge in [-0.15, -0.1) is 0 Å². The van der Waals surface area contributed by atoms with Crippen molar-refractivity contribution in [3.63, 3.8) is 0 Å². The number of ketones is 1. The molecule has 0 radical (unpaired) electrons. The highest BCUT2D eigenvalue weighted by Gasteiger charge is 1.95. The van der Waals surface area contributed by atoms with Gasteiger partial charge >= 0.3 is 0 Å². The Bertz CT molecular complexity index is 682. The first kappa shape index (κ1) is 16.5. The third-order valence-electron chi connectivity index (χ3n) is 3.16. The van der Waals surface area contributed by atoms with E-state index >= 15 is 0 Å². The van der Waals surface area contributed by atoms with Gasteiger partial charge in [-0.1, -0.05) is 36.4 Å². The summed E-state index contributed by atoms with van der Waals surface area (Å²) in [6, 6.07) is 16.1. The molecule has 0 aromatic heterocycles. The largest absolute Gasteiger partial charge is 0.378 e. The molecule has 0 spiro atoms. The molecule has 0 aliphatic heterocycles. The molecule has 2 rings (SSSR count). The Morgan fingerprint density at radius 3 is 1.77 bits per heavy atom. The summed E-state index contributed by atoms with van der Waals surface area (Å²) < 4.78 is 1.18. The first-order valence-electron chi connectivity index (χ1n) is 6.98. The lowest BCUT2D eigenvalue weighted by Crippen LogP contribution is -2.07. The molecule has 3 heteroatoms.